The van der Waals surface area contributed by atoms with Crippen molar-refractivity contribution in [2.24, 2.45) is 5.92 Å². The van der Waals surface area contributed by atoms with Gasteiger partial charge in [0, 0.05) is 0 Å². The fourth-order valence-corrected chi connectivity index (χ4v) is 0.882. The molecule has 1 aromatic carbocycles. The van der Waals surface area contributed by atoms with E-state index >= 15 is 0 Å². The maximum atomic E-state index is 12.6. The molecule has 1 aromatic rings. The van der Waals surface area contributed by atoms with Crippen LogP contribution >= 0.6 is 0 Å². The summed E-state index contributed by atoms with van der Waals surface area (Å²) < 4.78 is 12.6. The maximum Gasteiger partial charge on any atom is 0.126 e. The highest BCUT2D eigenvalue weighted by Gasteiger charge is 2.12. The lowest BCUT2D eigenvalue weighted by Crippen LogP contribution is -1.83. The number of benzene rings is 1. The van der Waals surface area contributed by atoms with Crippen LogP contribution in [0.2, 0.25) is 0 Å². The second-order valence-corrected chi connectivity index (χ2v) is 3.86. The lowest BCUT2D eigenvalue weighted by atomic mass is 10.1. The Balaban J connectivity index is 0.000000175. The first-order valence-corrected chi connectivity index (χ1v) is 4.83. The van der Waals surface area contributed by atoms with Gasteiger partial charge in [0.05, 0.1) is 0 Å². The van der Waals surface area contributed by atoms with Crippen molar-refractivity contribution in [3.63, 3.8) is 0 Å². The molecule has 1 aliphatic rings. The van der Waals surface area contributed by atoms with E-state index in [2.05, 4.69) is 6.92 Å². The molecule has 0 saturated heterocycles. The minimum atomic E-state index is -0.116. The van der Waals surface area contributed by atoms with Crippen LogP contribution in [0.25, 0.3) is 0 Å². The Kier molecular flexibility index (Phi) is 3.47. The second kappa shape index (κ2) is 4.40. The zero-order chi connectivity index (χ0) is 9.84. The monoisotopic (exact) mass is 180 g/mol. The fraction of sp³-hybridized carbons (Fsp3) is 0.500. The molecule has 0 amide bonds. The molecule has 0 bridgehead atoms. The number of hydrogen-bond acceptors (Lipinski definition) is 0. The van der Waals surface area contributed by atoms with Crippen molar-refractivity contribution in [2.75, 3.05) is 0 Å². The van der Waals surface area contributed by atoms with Crippen LogP contribution in [0.15, 0.2) is 18.2 Å². The van der Waals surface area contributed by atoms with Crippen molar-refractivity contribution in [3.05, 3.63) is 35.1 Å². The zero-order valence-corrected chi connectivity index (χ0v) is 8.60. The molecule has 0 nitrogen and oxygen atoms in total. The van der Waals surface area contributed by atoms with Gasteiger partial charge in [-0.05, 0) is 37.0 Å². The van der Waals surface area contributed by atoms with Crippen LogP contribution in [0.1, 0.15) is 30.9 Å². The normalized spacial score (nSPS) is 14.8. The SMILES string of the molecule is CC1CC1.Cc1cccc(F)c1C. The summed E-state index contributed by atoms with van der Waals surface area (Å²) in [6.07, 6.45) is 2.97. The van der Waals surface area contributed by atoms with E-state index in [1.807, 2.05) is 13.0 Å². The molecule has 1 aliphatic carbocycles. The maximum absolute atomic E-state index is 12.6. The van der Waals surface area contributed by atoms with Crippen LogP contribution in [-0.2, 0) is 0 Å². The highest BCUT2D eigenvalue weighted by atomic mass is 19.1. The van der Waals surface area contributed by atoms with E-state index in [9.17, 15) is 4.39 Å². The Morgan fingerprint density at radius 3 is 2.08 bits per heavy atom. The Labute approximate surface area is 79.8 Å². The van der Waals surface area contributed by atoms with Crippen molar-refractivity contribution in [1.29, 1.82) is 0 Å². The van der Waals surface area contributed by atoms with Crippen molar-refractivity contribution < 1.29 is 4.39 Å². The summed E-state index contributed by atoms with van der Waals surface area (Å²) in [6.45, 7) is 5.96. The van der Waals surface area contributed by atoms with Gasteiger partial charge in [0.25, 0.3) is 0 Å². The van der Waals surface area contributed by atoms with Gasteiger partial charge in [-0.3, -0.25) is 0 Å². The number of halogens is 1. The van der Waals surface area contributed by atoms with Crippen LogP contribution in [-0.4, -0.2) is 0 Å². The van der Waals surface area contributed by atoms with Crippen LogP contribution in [0.4, 0.5) is 4.39 Å². The van der Waals surface area contributed by atoms with Gasteiger partial charge in [0.2, 0.25) is 0 Å². The molecule has 1 fully saturated rings. The molecule has 1 saturated carbocycles. The van der Waals surface area contributed by atoms with E-state index in [0.29, 0.717) is 0 Å². The highest BCUT2D eigenvalue weighted by Crippen LogP contribution is 2.26. The van der Waals surface area contributed by atoms with Crippen molar-refractivity contribution in [3.8, 4) is 0 Å². The number of aryl methyl sites for hydroxylation is 1. The summed E-state index contributed by atoms with van der Waals surface area (Å²) in [4.78, 5) is 0. The van der Waals surface area contributed by atoms with Gasteiger partial charge in [0.15, 0.2) is 0 Å². The van der Waals surface area contributed by atoms with Gasteiger partial charge in [-0.25, -0.2) is 4.39 Å². The Hall–Kier alpha value is -0.850. The molecule has 0 radical (unpaired) electrons. The van der Waals surface area contributed by atoms with Gasteiger partial charge < -0.3 is 0 Å². The molecule has 0 spiro atoms. The highest BCUT2D eigenvalue weighted by molar-refractivity contribution is 5.25. The van der Waals surface area contributed by atoms with Gasteiger partial charge >= 0.3 is 0 Å². The van der Waals surface area contributed by atoms with Crippen molar-refractivity contribution in [2.45, 2.75) is 33.6 Å². The van der Waals surface area contributed by atoms with Gasteiger partial charge in [0.1, 0.15) is 5.82 Å². The average molecular weight is 180 g/mol. The number of rotatable bonds is 0. The molecule has 0 atom stereocenters. The zero-order valence-electron chi connectivity index (χ0n) is 8.60. The lowest BCUT2D eigenvalue weighted by molar-refractivity contribution is 0.617. The van der Waals surface area contributed by atoms with Crippen LogP contribution in [0.3, 0.4) is 0 Å². The molecule has 1 heteroatoms. The molecule has 13 heavy (non-hydrogen) atoms. The summed E-state index contributed by atoms with van der Waals surface area (Å²) in [5, 5.41) is 0. The van der Waals surface area contributed by atoms with Crippen molar-refractivity contribution >= 4 is 0 Å². The van der Waals surface area contributed by atoms with Crippen LogP contribution < -0.4 is 0 Å². The standard InChI is InChI=1S/C8H9F.C4H8/c1-6-4-3-5-8(9)7(6)2;1-4-2-3-4/h3-5H,1-2H3;4H,2-3H2,1H3. The van der Waals surface area contributed by atoms with E-state index in [1.165, 1.54) is 18.9 Å². The third-order valence-electron chi connectivity index (χ3n) is 2.40. The summed E-state index contributed by atoms with van der Waals surface area (Å²) in [5.41, 5.74) is 1.76. The Bertz CT molecular complexity index is 254. The first-order valence-electron chi connectivity index (χ1n) is 4.83. The van der Waals surface area contributed by atoms with Gasteiger partial charge in [-0.1, -0.05) is 31.9 Å². The predicted octanol–water partition coefficient (Wildman–Crippen LogP) is 3.86. The molecule has 0 aromatic heterocycles. The summed E-state index contributed by atoms with van der Waals surface area (Å²) in [6, 6.07) is 5.10. The third-order valence-corrected chi connectivity index (χ3v) is 2.40. The second-order valence-electron chi connectivity index (χ2n) is 3.86. The average Bonchev–Trinajstić information content (AvgIpc) is 2.84. The van der Waals surface area contributed by atoms with Gasteiger partial charge in [-0.2, -0.15) is 0 Å². The molecule has 0 aliphatic heterocycles. The topological polar surface area (TPSA) is 0 Å². The smallest absolute Gasteiger partial charge is 0.126 e. The van der Waals surface area contributed by atoms with E-state index in [-0.39, 0.29) is 5.82 Å². The molecule has 0 heterocycles. The van der Waals surface area contributed by atoms with E-state index < -0.39 is 0 Å². The first kappa shape index (κ1) is 10.2. The minimum absolute atomic E-state index is 0.116. The van der Waals surface area contributed by atoms with Crippen LogP contribution in [0.5, 0.6) is 0 Å². The Morgan fingerprint density at radius 2 is 1.77 bits per heavy atom. The number of hydrogen-bond donors (Lipinski definition) is 0. The van der Waals surface area contributed by atoms with Crippen molar-refractivity contribution in [1.82, 2.24) is 0 Å². The minimum Gasteiger partial charge on any atom is -0.207 e. The molecule has 0 N–H and O–H groups in total. The van der Waals surface area contributed by atoms with E-state index in [0.717, 1.165) is 17.0 Å². The predicted molar refractivity (Wildman–Crippen MR) is 54.3 cm³/mol. The largest absolute Gasteiger partial charge is 0.207 e. The lowest BCUT2D eigenvalue weighted by Gasteiger charge is -1.97. The quantitative estimate of drug-likeness (QED) is 0.568. The fourth-order valence-electron chi connectivity index (χ4n) is 0.882. The van der Waals surface area contributed by atoms with E-state index in [1.54, 1.807) is 13.0 Å². The van der Waals surface area contributed by atoms with E-state index in [4.69, 9.17) is 0 Å². The van der Waals surface area contributed by atoms with Gasteiger partial charge in [-0.15, -0.1) is 0 Å². The van der Waals surface area contributed by atoms with Crippen LogP contribution in [0, 0.1) is 25.6 Å². The summed E-state index contributed by atoms with van der Waals surface area (Å²) >= 11 is 0. The molecule has 0 unspecified atom stereocenters. The molecular weight excluding hydrogens is 163 g/mol. The molecule has 72 valence electrons. The third kappa shape index (κ3) is 3.58. The first-order chi connectivity index (χ1) is 6.11. The molecule has 2 rings (SSSR count). The molecular formula is C12H17F. The summed E-state index contributed by atoms with van der Waals surface area (Å²) in [5.74, 6) is 0.968. The Morgan fingerprint density at radius 1 is 1.23 bits per heavy atom. The summed E-state index contributed by atoms with van der Waals surface area (Å²) in [7, 11) is 0.